The van der Waals surface area contributed by atoms with Crippen LogP contribution in [0.15, 0.2) is 65.6 Å². The molecule has 3 rings (SSSR count). The van der Waals surface area contributed by atoms with Crippen molar-refractivity contribution in [3.8, 4) is 0 Å². The minimum Gasteiger partial charge on any atom is -0.297 e. The molecule has 1 aliphatic heterocycles. The molecule has 1 fully saturated rings. The molecule has 1 heterocycles. The Kier molecular flexibility index (Phi) is 5.07. The van der Waals surface area contributed by atoms with Crippen molar-refractivity contribution in [2.75, 3.05) is 13.1 Å². The van der Waals surface area contributed by atoms with Gasteiger partial charge in [0.05, 0.1) is 10.1 Å². The Balaban J connectivity index is 1.84. The molecule has 0 N–H and O–H groups in total. The van der Waals surface area contributed by atoms with Gasteiger partial charge in [0.2, 0.25) is 0 Å². The van der Waals surface area contributed by atoms with Gasteiger partial charge in [0.1, 0.15) is 0 Å². The molecular formula is C20H25NO2S. The summed E-state index contributed by atoms with van der Waals surface area (Å²) < 4.78 is 26.2. The van der Waals surface area contributed by atoms with Crippen molar-refractivity contribution in [3.05, 3.63) is 66.2 Å². The van der Waals surface area contributed by atoms with Gasteiger partial charge in [0.25, 0.3) is 0 Å². The summed E-state index contributed by atoms with van der Waals surface area (Å²) in [5.41, 5.74) is 1.23. The zero-order valence-electron chi connectivity index (χ0n) is 14.3. The van der Waals surface area contributed by atoms with Gasteiger partial charge in [-0.3, -0.25) is 4.90 Å². The normalized spacial score (nSPS) is 22.1. The average Bonchev–Trinajstić information content (AvgIpc) is 3.01. The van der Waals surface area contributed by atoms with Crippen molar-refractivity contribution in [1.29, 1.82) is 0 Å². The van der Waals surface area contributed by atoms with E-state index in [0.29, 0.717) is 17.4 Å². The minimum absolute atomic E-state index is 0.166. The molecule has 0 aromatic heterocycles. The largest absolute Gasteiger partial charge is 0.297 e. The van der Waals surface area contributed by atoms with Crippen LogP contribution in [0.1, 0.15) is 19.4 Å². The van der Waals surface area contributed by atoms with Crippen molar-refractivity contribution in [1.82, 2.24) is 4.90 Å². The predicted molar refractivity (Wildman–Crippen MR) is 97.5 cm³/mol. The van der Waals surface area contributed by atoms with Crippen LogP contribution in [0.5, 0.6) is 0 Å². The second-order valence-corrected chi connectivity index (χ2v) is 9.15. The summed E-state index contributed by atoms with van der Waals surface area (Å²) in [5.74, 6) is 0.508. The van der Waals surface area contributed by atoms with Crippen LogP contribution in [0.4, 0.5) is 0 Å². The van der Waals surface area contributed by atoms with Crippen LogP contribution >= 0.6 is 0 Å². The average molecular weight is 343 g/mol. The second kappa shape index (κ2) is 7.08. The molecule has 0 bridgehead atoms. The first-order valence-electron chi connectivity index (χ1n) is 8.53. The lowest BCUT2D eigenvalue weighted by Crippen LogP contribution is -2.32. The first-order chi connectivity index (χ1) is 11.5. The highest BCUT2D eigenvalue weighted by Crippen LogP contribution is 2.33. The molecule has 4 heteroatoms. The Labute approximate surface area is 145 Å². The van der Waals surface area contributed by atoms with Gasteiger partial charge in [-0.25, -0.2) is 8.42 Å². The standard InChI is InChI=1S/C20H25NO2S/c1-16(2)19-14-21(13-17-9-5-3-6-10-17)15-20(19)24(22,23)18-11-7-4-8-12-18/h3-12,16,19-20H,13-15H2,1-2H3/t19-,20+/m1/s1. The number of hydrogen-bond acceptors (Lipinski definition) is 3. The molecule has 2 aromatic carbocycles. The van der Waals surface area contributed by atoms with Crippen molar-refractivity contribution >= 4 is 9.84 Å². The van der Waals surface area contributed by atoms with E-state index >= 15 is 0 Å². The van der Waals surface area contributed by atoms with E-state index in [2.05, 4.69) is 30.9 Å². The van der Waals surface area contributed by atoms with Crippen LogP contribution in [0.2, 0.25) is 0 Å². The predicted octanol–water partition coefficient (Wildman–Crippen LogP) is 3.62. The van der Waals surface area contributed by atoms with Crippen molar-refractivity contribution in [2.45, 2.75) is 30.5 Å². The summed E-state index contributed by atoms with van der Waals surface area (Å²) in [6.07, 6.45) is 0. The van der Waals surface area contributed by atoms with E-state index in [1.54, 1.807) is 24.3 Å². The molecule has 0 radical (unpaired) electrons. The highest BCUT2D eigenvalue weighted by atomic mass is 32.2. The number of benzene rings is 2. The van der Waals surface area contributed by atoms with Gasteiger partial charge in [-0.2, -0.15) is 0 Å². The Hall–Kier alpha value is -1.65. The van der Waals surface area contributed by atoms with Crippen molar-refractivity contribution in [3.63, 3.8) is 0 Å². The van der Waals surface area contributed by atoms with Gasteiger partial charge < -0.3 is 0 Å². The number of rotatable bonds is 5. The maximum atomic E-state index is 13.1. The van der Waals surface area contributed by atoms with Gasteiger partial charge >= 0.3 is 0 Å². The topological polar surface area (TPSA) is 37.4 Å². The quantitative estimate of drug-likeness (QED) is 0.832. The third kappa shape index (κ3) is 3.55. The van der Waals surface area contributed by atoms with E-state index in [4.69, 9.17) is 0 Å². The van der Waals surface area contributed by atoms with E-state index in [-0.39, 0.29) is 11.2 Å². The van der Waals surface area contributed by atoms with E-state index in [1.165, 1.54) is 5.56 Å². The third-order valence-corrected chi connectivity index (χ3v) is 7.19. The molecule has 2 aromatic rings. The fraction of sp³-hybridized carbons (Fsp3) is 0.400. The molecule has 0 amide bonds. The molecule has 0 saturated carbocycles. The summed E-state index contributed by atoms with van der Waals surface area (Å²) in [5, 5.41) is -0.330. The van der Waals surface area contributed by atoms with Gasteiger partial charge in [-0.15, -0.1) is 0 Å². The smallest absolute Gasteiger partial charge is 0.182 e. The molecular weight excluding hydrogens is 318 g/mol. The highest BCUT2D eigenvalue weighted by Gasteiger charge is 2.43. The van der Waals surface area contributed by atoms with Gasteiger partial charge in [-0.05, 0) is 29.5 Å². The fourth-order valence-corrected chi connectivity index (χ4v) is 5.76. The van der Waals surface area contributed by atoms with E-state index in [0.717, 1.165) is 13.1 Å². The molecule has 2 atom stereocenters. The molecule has 128 valence electrons. The Morgan fingerprint density at radius 2 is 1.54 bits per heavy atom. The zero-order valence-corrected chi connectivity index (χ0v) is 15.1. The maximum absolute atomic E-state index is 13.1. The zero-order chi connectivity index (χ0) is 17.2. The van der Waals surface area contributed by atoms with Crippen LogP contribution in [0, 0.1) is 11.8 Å². The number of hydrogen-bond donors (Lipinski definition) is 0. The third-order valence-electron chi connectivity index (χ3n) is 4.96. The van der Waals surface area contributed by atoms with Crippen LogP contribution in [0.3, 0.4) is 0 Å². The second-order valence-electron chi connectivity index (χ2n) is 6.98. The lowest BCUT2D eigenvalue weighted by atomic mass is 9.95. The van der Waals surface area contributed by atoms with E-state index < -0.39 is 9.84 Å². The molecule has 1 saturated heterocycles. The fourth-order valence-electron chi connectivity index (χ4n) is 3.60. The van der Waals surface area contributed by atoms with Crippen molar-refractivity contribution in [2.24, 2.45) is 11.8 Å². The Morgan fingerprint density at radius 3 is 2.12 bits per heavy atom. The summed E-state index contributed by atoms with van der Waals surface area (Å²) in [6.45, 7) is 6.51. The number of likely N-dealkylation sites (tertiary alicyclic amines) is 1. The Morgan fingerprint density at radius 1 is 0.958 bits per heavy atom. The summed E-state index contributed by atoms with van der Waals surface area (Å²) in [7, 11) is -3.30. The van der Waals surface area contributed by atoms with E-state index in [1.807, 2.05) is 24.3 Å². The lowest BCUT2D eigenvalue weighted by Gasteiger charge is -2.22. The number of nitrogens with zero attached hydrogens (tertiary/aromatic N) is 1. The van der Waals surface area contributed by atoms with Crippen LogP contribution in [0.25, 0.3) is 0 Å². The summed E-state index contributed by atoms with van der Waals surface area (Å²) >= 11 is 0. The van der Waals surface area contributed by atoms with Crippen LogP contribution in [-0.4, -0.2) is 31.7 Å². The molecule has 24 heavy (non-hydrogen) atoms. The molecule has 0 spiro atoms. The SMILES string of the molecule is CC(C)[C@H]1CN(Cc2ccccc2)C[C@@H]1S(=O)(=O)c1ccccc1. The monoisotopic (exact) mass is 343 g/mol. The first-order valence-corrected chi connectivity index (χ1v) is 10.1. The molecule has 0 unspecified atom stereocenters. The Bertz CT molecular complexity index is 757. The minimum atomic E-state index is -3.30. The van der Waals surface area contributed by atoms with Crippen molar-refractivity contribution < 1.29 is 8.42 Å². The first kappa shape index (κ1) is 17.2. The molecule has 0 aliphatic carbocycles. The van der Waals surface area contributed by atoms with Gasteiger partial charge in [0.15, 0.2) is 9.84 Å². The number of sulfone groups is 1. The molecule has 3 nitrogen and oxygen atoms in total. The maximum Gasteiger partial charge on any atom is 0.182 e. The lowest BCUT2D eigenvalue weighted by molar-refractivity contribution is 0.297. The van der Waals surface area contributed by atoms with Crippen LogP contribution in [-0.2, 0) is 16.4 Å². The summed E-state index contributed by atoms with van der Waals surface area (Å²) in [6, 6.07) is 19.2. The molecule has 1 aliphatic rings. The van der Waals surface area contributed by atoms with Gasteiger partial charge in [-0.1, -0.05) is 62.4 Å². The van der Waals surface area contributed by atoms with Crippen LogP contribution < -0.4 is 0 Å². The highest BCUT2D eigenvalue weighted by molar-refractivity contribution is 7.92. The summed E-state index contributed by atoms with van der Waals surface area (Å²) in [4.78, 5) is 2.73. The van der Waals surface area contributed by atoms with Gasteiger partial charge in [0, 0.05) is 19.6 Å². The van der Waals surface area contributed by atoms with E-state index in [9.17, 15) is 8.42 Å².